The fourth-order valence-corrected chi connectivity index (χ4v) is 1.39. The first-order chi connectivity index (χ1) is 7.24. The van der Waals surface area contributed by atoms with Gasteiger partial charge in [-0.2, -0.15) is 0 Å². The van der Waals surface area contributed by atoms with E-state index in [1.54, 1.807) is 25.5 Å². The SMILES string of the molecule is CON(C)C(=O)c1cccc2[nH]cnc12. The second-order valence-electron chi connectivity index (χ2n) is 3.09. The van der Waals surface area contributed by atoms with Crippen LogP contribution in [0.15, 0.2) is 24.5 Å². The van der Waals surface area contributed by atoms with E-state index in [1.165, 1.54) is 12.2 Å². The Balaban J connectivity index is 2.51. The number of carbonyl (C=O) groups excluding carboxylic acids is 1. The molecule has 2 rings (SSSR count). The molecule has 1 aromatic carbocycles. The molecule has 1 aromatic heterocycles. The predicted molar refractivity (Wildman–Crippen MR) is 55.2 cm³/mol. The average Bonchev–Trinajstić information content (AvgIpc) is 2.74. The van der Waals surface area contributed by atoms with Crippen molar-refractivity contribution in [2.75, 3.05) is 14.2 Å². The molecule has 15 heavy (non-hydrogen) atoms. The Morgan fingerprint density at radius 1 is 1.53 bits per heavy atom. The number of hydroxylamine groups is 2. The van der Waals surface area contributed by atoms with E-state index in [2.05, 4.69) is 9.97 Å². The van der Waals surface area contributed by atoms with Gasteiger partial charge >= 0.3 is 0 Å². The second-order valence-corrected chi connectivity index (χ2v) is 3.09. The first-order valence-corrected chi connectivity index (χ1v) is 4.48. The van der Waals surface area contributed by atoms with Gasteiger partial charge in [0.15, 0.2) is 0 Å². The zero-order chi connectivity index (χ0) is 10.8. The van der Waals surface area contributed by atoms with Gasteiger partial charge in [0.05, 0.1) is 24.5 Å². The largest absolute Gasteiger partial charge is 0.345 e. The van der Waals surface area contributed by atoms with Crippen LogP contribution in [0.4, 0.5) is 0 Å². The summed E-state index contributed by atoms with van der Waals surface area (Å²) >= 11 is 0. The highest BCUT2D eigenvalue weighted by Gasteiger charge is 2.15. The van der Waals surface area contributed by atoms with Crippen molar-refractivity contribution in [2.24, 2.45) is 0 Å². The van der Waals surface area contributed by atoms with Crippen LogP contribution in [-0.4, -0.2) is 35.1 Å². The number of H-pyrrole nitrogens is 1. The van der Waals surface area contributed by atoms with Crippen molar-refractivity contribution in [3.8, 4) is 0 Å². The minimum atomic E-state index is -0.213. The number of aromatic amines is 1. The van der Waals surface area contributed by atoms with Crippen LogP contribution >= 0.6 is 0 Å². The molecule has 0 atom stereocenters. The summed E-state index contributed by atoms with van der Waals surface area (Å²) in [6, 6.07) is 5.39. The summed E-state index contributed by atoms with van der Waals surface area (Å²) in [5, 5.41) is 1.17. The van der Waals surface area contributed by atoms with Gasteiger partial charge in [0.2, 0.25) is 0 Å². The lowest BCUT2D eigenvalue weighted by atomic mass is 10.2. The molecule has 5 heteroatoms. The van der Waals surface area contributed by atoms with Crippen molar-refractivity contribution in [3.63, 3.8) is 0 Å². The van der Waals surface area contributed by atoms with Crippen molar-refractivity contribution >= 4 is 16.9 Å². The molecule has 1 amide bonds. The van der Waals surface area contributed by atoms with Gasteiger partial charge in [-0.05, 0) is 12.1 Å². The lowest BCUT2D eigenvalue weighted by Crippen LogP contribution is -2.25. The molecule has 1 N–H and O–H groups in total. The van der Waals surface area contributed by atoms with Crippen molar-refractivity contribution in [2.45, 2.75) is 0 Å². The molecule has 0 aliphatic heterocycles. The Labute approximate surface area is 86.6 Å². The van der Waals surface area contributed by atoms with Crippen LogP contribution in [0.1, 0.15) is 10.4 Å². The average molecular weight is 205 g/mol. The first kappa shape index (κ1) is 9.67. The van der Waals surface area contributed by atoms with Crippen LogP contribution < -0.4 is 0 Å². The maximum Gasteiger partial charge on any atom is 0.279 e. The molecular formula is C10H11N3O2. The lowest BCUT2D eigenvalue weighted by molar-refractivity contribution is -0.0755. The molecule has 0 saturated heterocycles. The third-order valence-corrected chi connectivity index (χ3v) is 2.24. The number of imidazole rings is 1. The molecule has 0 aliphatic rings. The molecule has 0 radical (unpaired) electrons. The maximum atomic E-state index is 11.8. The molecule has 0 bridgehead atoms. The van der Waals surface area contributed by atoms with E-state index in [-0.39, 0.29) is 5.91 Å². The van der Waals surface area contributed by atoms with E-state index in [9.17, 15) is 4.79 Å². The van der Waals surface area contributed by atoms with E-state index < -0.39 is 0 Å². The van der Waals surface area contributed by atoms with Gasteiger partial charge < -0.3 is 4.98 Å². The third kappa shape index (κ3) is 1.57. The molecule has 0 aliphatic carbocycles. The highest BCUT2D eigenvalue weighted by atomic mass is 16.7. The summed E-state index contributed by atoms with van der Waals surface area (Å²) in [7, 11) is 3.01. The standard InChI is InChI=1S/C10H11N3O2/c1-13(15-2)10(14)7-4-3-5-8-9(7)12-6-11-8/h3-6H,1-2H3,(H,11,12). The molecule has 2 aromatic rings. The number of nitrogens with one attached hydrogen (secondary N) is 1. The number of nitrogens with zero attached hydrogens (tertiary/aromatic N) is 2. The smallest absolute Gasteiger partial charge is 0.279 e. The zero-order valence-corrected chi connectivity index (χ0v) is 8.52. The molecule has 0 spiro atoms. The third-order valence-electron chi connectivity index (χ3n) is 2.24. The van der Waals surface area contributed by atoms with E-state index in [4.69, 9.17) is 4.84 Å². The fraction of sp³-hybridized carbons (Fsp3) is 0.200. The Morgan fingerprint density at radius 3 is 3.07 bits per heavy atom. The van der Waals surface area contributed by atoms with E-state index in [0.29, 0.717) is 11.1 Å². The molecule has 1 heterocycles. The summed E-state index contributed by atoms with van der Waals surface area (Å²) < 4.78 is 0. The van der Waals surface area contributed by atoms with Gasteiger partial charge in [-0.25, -0.2) is 10.0 Å². The van der Waals surface area contributed by atoms with Crippen LogP contribution in [0.2, 0.25) is 0 Å². The maximum absolute atomic E-state index is 11.8. The lowest BCUT2D eigenvalue weighted by Gasteiger charge is -2.13. The first-order valence-electron chi connectivity index (χ1n) is 4.48. The molecular weight excluding hydrogens is 194 g/mol. The fourth-order valence-electron chi connectivity index (χ4n) is 1.39. The molecule has 0 saturated carbocycles. The van der Waals surface area contributed by atoms with Gasteiger partial charge in [0.1, 0.15) is 5.52 Å². The Kier molecular flexibility index (Phi) is 2.39. The number of benzene rings is 1. The monoisotopic (exact) mass is 205 g/mol. The van der Waals surface area contributed by atoms with Gasteiger partial charge in [0.25, 0.3) is 5.91 Å². The van der Waals surface area contributed by atoms with Gasteiger partial charge in [-0.15, -0.1) is 0 Å². The number of carbonyl (C=O) groups is 1. The van der Waals surface area contributed by atoms with E-state index in [1.807, 2.05) is 6.07 Å². The van der Waals surface area contributed by atoms with Gasteiger partial charge in [-0.1, -0.05) is 6.07 Å². The Hall–Kier alpha value is -1.88. The van der Waals surface area contributed by atoms with Crippen molar-refractivity contribution in [1.82, 2.24) is 15.0 Å². The Bertz CT molecular complexity index is 492. The van der Waals surface area contributed by atoms with Crippen LogP contribution in [0.5, 0.6) is 0 Å². The summed E-state index contributed by atoms with van der Waals surface area (Å²) in [5.41, 5.74) is 2.02. The summed E-state index contributed by atoms with van der Waals surface area (Å²) in [5.74, 6) is -0.213. The summed E-state index contributed by atoms with van der Waals surface area (Å²) in [6.07, 6.45) is 1.56. The van der Waals surface area contributed by atoms with Crippen molar-refractivity contribution < 1.29 is 9.63 Å². The minimum absolute atomic E-state index is 0.213. The molecule has 0 unspecified atom stereocenters. The highest BCUT2D eigenvalue weighted by molar-refractivity contribution is 6.04. The number of amides is 1. The normalized spacial score (nSPS) is 10.5. The zero-order valence-electron chi connectivity index (χ0n) is 8.52. The number of aromatic nitrogens is 2. The number of para-hydroxylation sites is 1. The van der Waals surface area contributed by atoms with Crippen molar-refractivity contribution in [1.29, 1.82) is 0 Å². The topological polar surface area (TPSA) is 58.2 Å². The second kappa shape index (κ2) is 3.70. The summed E-state index contributed by atoms with van der Waals surface area (Å²) in [4.78, 5) is 23.7. The van der Waals surface area contributed by atoms with Crippen LogP contribution in [-0.2, 0) is 4.84 Å². The number of hydrogen-bond donors (Lipinski definition) is 1. The predicted octanol–water partition coefficient (Wildman–Crippen LogP) is 1.20. The number of rotatable bonds is 2. The number of fused-ring (bicyclic) bond motifs is 1. The Morgan fingerprint density at radius 2 is 2.33 bits per heavy atom. The van der Waals surface area contributed by atoms with Gasteiger partial charge in [-0.3, -0.25) is 9.63 Å². The van der Waals surface area contributed by atoms with Crippen LogP contribution in [0.3, 0.4) is 0 Å². The van der Waals surface area contributed by atoms with E-state index >= 15 is 0 Å². The van der Waals surface area contributed by atoms with Gasteiger partial charge in [0, 0.05) is 7.05 Å². The highest BCUT2D eigenvalue weighted by Crippen LogP contribution is 2.15. The molecule has 0 fully saturated rings. The van der Waals surface area contributed by atoms with Crippen LogP contribution in [0.25, 0.3) is 11.0 Å². The molecule has 5 nitrogen and oxygen atoms in total. The molecule has 78 valence electrons. The number of hydrogen-bond acceptors (Lipinski definition) is 3. The van der Waals surface area contributed by atoms with E-state index in [0.717, 1.165) is 5.52 Å². The van der Waals surface area contributed by atoms with Crippen molar-refractivity contribution in [3.05, 3.63) is 30.1 Å². The quantitative estimate of drug-likeness (QED) is 0.749. The van der Waals surface area contributed by atoms with Crippen LogP contribution in [0, 0.1) is 0 Å². The summed E-state index contributed by atoms with van der Waals surface area (Å²) in [6.45, 7) is 0. The minimum Gasteiger partial charge on any atom is -0.345 e.